The van der Waals surface area contributed by atoms with Crippen LogP contribution in [-0.2, 0) is 4.79 Å². The molecule has 0 radical (unpaired) electrons. The smallest absolute Gasteiger partial charge is 0.328 e. The Labute approximate surface area is 193 Å². The van der Waals surface area contributed by atoms with Crippen LogP contribution in [0, 0.1) is 5.41 Å². The predicted molar refractivity (Wildman–Crippen MR) is 130 cm³/mol. The number of carbonyl (C=O) groups excluding carboxylic acids is 2. The number of nitrogens with one attached hydrogen (secondary N) is 2. The fraction of sp³-hybridized carbons (Fsp3) is 0.222. The SMILES string of the molecule is CC1(C)CC(=O)C2=C(C1)Nc1cccnc1N(C(=O)Nc1ccccc1)[C@H]2c1ccccc1. The number of hydrogen-bond acceptors (Lipinski definition) is 4. The van der Waals surface area contributed by atoms with Gasteiger partial charge in [-0.2, -0.15) is 0 Å². The second kappa shape index (κ2) is 8.20. The summed E-state index contributed by atoms with van der Waals surface area (Å²) in [6, 6.07) is 21.8. The van der Waals surface area contributed by atoms with Gasteiger partial charge in [0.05, 0.1) is 11.7 Å². The zero-order valence-corrected chi connectivity index (χ0v) is 18.7. The van der Waals surface area contributed by atoms with Gasteiger partial charge in [-0.3, -0.25) is 9.69 Å². The van der Waals surface area contributed by atoms with E-state index in [-0.39, 0.29) is 17.2 Å². The van der Waals surface area contributed by atoms with E-state index in [4.69, 9.17) is 0 Å². The van der Waals surface area contributed by atoms with Crippen LogP contribution in [0.15, 0.2) is 90.3 Å². The Bertz CT molecular complexity index is 1240. The number of anilines is 3. The number of hydrogen-bond donors (Lipinski definition) is 2. The van der Waals surface area contributed by atoms with Crippen LogP contribution in [0.4, 0.5) is 22.0 Å². The fourth-order valence-corrected chi connectivity index (χ4v) is 4.73. The monoisotopic (exact) mass is 438 g/mol. The summed E-state index contributed by atoms with van der Waals surface area (Å²) in [6.07, 6.45) is 2.80. The first kappa shape index (κ1) is 20.9. The van der Waals surface area contributed by atoms with Gasteiger partial charge in [-0.15, -0.1) is 0 Å². The first-order chi connectivity index (χ1) is 15.9. The van der Waals surface area contributed by atoms with Crippen LogP contribution in [0.2, 0.25) is 0 Å². The summed E-state index contributed by atoms with van der Waals surface area (Å²) in [4.78, 5) is 33.6. The highest BCUT2D eigenvalue weighted by atomic mass is 16.2. The van der Waals surface area contributed by atoms with Crippen LogP contribution in [0.3, 0.4) is 0 Å². The number of carbonyl (C=O) groups is 2. The van der Waals surface area contributed by atoms with E-state index in [9.17, 15) is 9.59 Å². The maximum absolute atomic E-state index is 13.8. The highest BCUT2D eigenvalue weighted by molar-refractivity contribution is 6.08. The van der Waals surface area contributed by atoms with Gasteiger partial charge in [0.25, 0.3) is 0 Å². The number of allylic oxidation sites excluding steroid dienone is 1. The number of aromatic nitrogens is 1. The van der Waals surface area contributed by atoms with E-state index in [1.807, 2.05) is 72.8 Å². The molecule has 2 N–H and O–H groups in total. The first-order valence-electron chi connectivity index (χ1n) is 11.1. The second-order valence-electron chi connectivity index (χ2n) is 9.31. The van der Waals surface area contributed by atoms with Crippen LogP contribution >= 0.6 is 0 Å². The molecule has 1 aliphatic carbocycles. The maximum atomic E-state index is 13.8. The largest absolute Gasteiger partial charge is 0.355 e. The van der Waals surface area contributed by atoms with Crippen molar-refractivity contribution in [3.05, 3.63) is 95.8 Å². The Morgan fingerprint density at radius 1 is 1.00 bits per heavy atom. The Morgan fingerprint density at radius 2 is 1.70 bits per heavy atom. The molecule has 0 unspecified atom stereocenters. The van der Waals surface area contributed by atoms with Gasteiger partial charge in [0.2, 0.25) is 0 Å². The van der Waals surface area contributed by atoms with Crippen LogP contribution < -0.4 is 15.5 Å². The van der Waals surface area contributed by atoms with E-state index in [1.54, 1.807) is 11.1 Å². The summed E-state index contributed by atoms with van der Waals surface area (Å²) < 4.78 is 0. The zero-order valence-electron chi connectivity index (χ0n) is 18.7. The minimum atomic E-state index is -0.600. The first-order valence-corrected chi connectivity index (χ1v) is 11.1. The summed E-state index contributed by atoms with van der Waals surface area (Å²) in [5.74, 6) is 0.535. The van der Waals surface area contributed by atoms with Crippen LogP contribution in [-0.4, -0.2) is 16.8 Å². The molecule has 3 aromatic rings. The normalized spacial score (nSPS) is 19.2. The van der Waals surface area contributed by atoms with Gasteiger partial charge >= 0.3 is 6.03 Å². The van der Waals surface area contributed by atoms with E-state index >= 15 is 0 Å². The lowest BCUT2D eigenvalue weighted by Gasteiger charge is -2.36. The predicted octanol–water partition coefficient (Wildman–Crippen LogP) is 5.93. The number of Topliss-reactive ketones (excluding diaryl/α,β-unsaturated/α-hetero) is 1. The number of fused-ring (bicyclic) bond motifs is 1. The number of benzene rings is 2. The molecule has 0 spiro atoms. The lowest BCUT2D eigenvalue weighted by atomic mass is 9.73. The van der Waals surface area contributed by atoms with Gasteiger partial charge in [-0.05, 0) is 41.7 Å². The Hall–Kier alpha value is -3.93. The van der Waals surface area contributed by atoms with Crippen molar-refractivity contribution in [2.24, 2.45) is 5.41 Å². The third kappa shape index (κ3) is 4.00. The molecule has 6 heteroatoms. The van der Waals surface area contributed by atoms with Gasteiger partial charge in [-0.25, -0.2) is 9.78 Å². The van der Waals surface area contributed by atoms with Crippen molar-refractivity contribution in [1.82, 2.24) is 4.98 Å². The molecule has 2 aromatic carbocycles. The van der Waals surface area contributed by atoms with Crippen LogP contribution in [0.1, 0.15) is 38.3 Å². The quantitative estimate of drug-likeness (QED) is 0.520. The topological polar surface area (TPSA) is 74.3 Å². The van der Waals surface area contributed by atoms with E-state index in [0.717, 1.165) is 11.3 Å². The van der Waals surface area contributed by atoms with Gasteiger partial charge < -0.3 is 10.6 Å². The van der Waals surface area contributed by atoms with Crippen molar-refractivity contribution < 1.29 is 9.59 Å². The molecule has 0 bridgehead atoms. The van der Waals surface area contributed by atoms with E-state index in [2.05, 4.69) is 29.5 Å². The number of pyridine rings is 1. The molecule has 1 atom stereocenters. The third-order valence-electron chi connectivity index (χ3n) is 6.11. The average molecular weight is 439 g/mol. The Morgan fingerprint density at radius 3 is 2.42 bits per heavy atom. The molecule has 33 heavy (non-hydrogen) atoms. The van der Waals surface area contributed by atoms with Gasteiger partial charge in [0.1, 0.15) is 0 Å². The minimum absolute atomic E-state index is 0.0490. The number of nitrogens with zero attached hydrogens (tertiary/aromatic N) is 2. The molecule has 5 rings (SSSR count). The molecule has 6 nitrogen and oxygen atoms in total. The highest BCUT2D eigenvalue weighted by Gasteiger charge is 2.43. The molecule has 166 valence electrons. The lowest BCUT2D eigenvalue weighted by molar-refractivity contribution is -0.118. The van der Waals surface area contributed by atoms with Crippen LogP contribution in [0.5, 0.6) is 0 Å². The van der Waals surface area contributed by atoms with Gasteiger partial charge in [0, 0.05) is 29.6 Å². The molecule has 1 aromatic heterocycles. The minimum Gasteiger partial charge on any atom is -0.355 e. The molecular weight excluding hydrogens is 412 g/mol. The number of amides is 2. The fourth-order valence-electron chi connectivity index (χ4n) is 4.73. The number of rotatable bonds is 2. The number of urea groups is 1. The van der Waals surface area contributed by atoms with Crippen molar-refractivity contribution in [2.75, 3.05) is 15.5 Å². The Balaban J connectivity index is 1.71. The summed E-state index contributed by atoms with van der Waals surface area (Å²) in [6.45, 7) is 4.20. The number of ketones is 1. The molecule has 0 saturated heterocycles. The van der Waals surface area contributed by atoms with Crippen molar-refractivity contribution in [3.8, 4) is 0 Å². The van der Waals surface area contributed by atoms with Crippen molar-refractivity contribution in [3.63, 3.8) is 0 Å². The molecule has 0 saturated carbocycles. The third-order valence-corrected chi connectivity index (χ3v) is 6.11. The summed E-state index contributed by atoms with van der Waals surface area (Å²) in [5, 5.41) is 6.46. The van der Waals surface area contributed by atoms with E-state index < -0.39 is 6.04 Å². The maximum Gasteiger partial charge on any atom is 0.328 e. The average Bonchev–Trinajstić information content (AvgIpc) is 2.94. The summed E-state index contributed by atoms with van der Waals surface area (Å²) >= 11 is 0. The summed E-state index contributed by atoms with van der Waals surface area (Å²) in [7, 11) is 0. The molecular formula is C27H26N4O2. The van der Waals surface area contributed by atoms with Crippen molar-refractivity contribution in [2.45, 2.75) is 32.7 Å². The highest BCUT2D eigenvalue weighted by Crippen LogP contribution is 2.47. The van der Waals surface area contributed by atoms with Crippen LogP contribution in [0.25, 0.3) is 0 Å². The van der Waals surface area contributed by atoms with Gasteiger partial charge in [0.15, 0.2) is 11.6 Å². The zero-order chi connectivity index (χ0) is 23.0. The van der Waals surface area contributed by atoms with E-state index in [1.165, 1.54) is 0 Å². The van der Waals surface area contributed by atoms with Gasteiger partial charge in [-0.1, -0.05) is 62.4 Å². The molecule has 2 amide bonds. The molecule has 2 heterocycles. The second-order valence-corrected chi connectivity index (χ2v) is 9.31. The van der Waals surface area contributed by atoms with E-state index in [0.29, 0.717) is 35.6 Å². The van der Waals surface area contributed by atoms with Crippen molar-refractivity contribution >= 4 is 29.0 Å². The lowest BCUT2D eigenvalue weighted by Crippen LogP contribution is -2.42. The standard InChI is InChI=1S/C27H26N4O2/c1-27(2)16-21-23(22(32)17-27)24(18-10-5-3-6-11-18)31(25-20(30-21)14-9-15-28-25)26(33)29-19-12-7-4-8-13-19/h3-15,24,30H,16-17H2,1-2H3,(H,29,33)/t24-/m0/s1. The Kier molecular flexibility index (Phi) is 5.21. The molecule has 1 aliphatic heterocycles. The molecule has 0 fully saturated rings. The number of para-hydroxylation sites is 1. The molecule has 2 aliphatic rings. The summed E-state index contributed by atoms with van der Waals surface area (Å²) in [5.41, 5.74) is 3.55. The van der Waals surface area contributed by atoms with Crippen molar-refractivity contribution in [1.29, 1.82) is 0 Å².